The van der Waals surface area contributed by atoms with Gasteiger partial charge >= 0.3 is 0 Å². The number of hydrogen-bond acceptors (Lipinski definition) is 3. The van der Waals surface area contributed by atoms with Crippen molar-refractivity contribution in [3.05, 3.63) is 0 Å². The fourth-order valence-electron chi connectivity index (χ4n) is 3.09. The molecule has 96 valence electrons. The van der Waals surface area contributed by atoms with E-state index in [4.69, 9.17) is 0 Å². The second kappa shape index (κ2) is 5.64. The molecule has 0 aromatic rings. The van der Waals surface area contributed by atoms with Gasteiger partial charge in [0.2, 0.25) is 0 Å². The topological polar surface area (TPSA) is 24.4 Å². The molecule has 1 heterocycles. The van der Waals surface area contributed by atoms with Gasteiger partial charge in [-0.1, -0.05) is 37.4 Å². The summed E-state index contributed by atoms with van der Waals surface area (Å²) in [5, 5.41) is 5.57. The molecule has 2 aliphatic carbocycles. The minimum Gasteiger partial charge on any atom is -0.365 e. The van der Waals surface area contributed by atoms with Crippen LogP contribution in [0.1, 0.15) is 51.4 Å². The minimum absolute atomic E-state index is 0.812. The zero-order chi connectivity index (χ0) is 11.5. The maximum Gasteiger partial charge on any atom is 0.156 e. The summed E-state index contributed by atoms with van der Waals surface area (Å²) >= 11 is 2.00. The van der Waals surface area contributed by atoms with Crippen LogP contribution in [0, 0.1) is 11.8 Å². The van der Waals surface area contributed by atoms with Crippen LogP contribution in [-0.4, -0.2) is 23.5 Å². The van der Waals surface area contributed by atoms with Gasteiger partial charge in [0, 0.05) is 11.8 Å². The van der Waals surface area contributed by atoms with Gasteiger partial charge in [-0.2, -0.15) is 0 Å². The lowest BCUT2D eigenvalue weighted by molar-refractivity contribution is 0.482. The molecule has 0 spiro atoms. The second-order valence-corrected chi connectivity index (χ2v) is 7.09. The van der Waals surface area contributed by atoms with E-state index in [2.05, 4.69) is 10.3 Å². The standard InChI is InChI=1S/C14H24N2S/c1-2-5-11(4-1)6-3-9-15-14-16-10-13(17-14)12-7-8-12/h11-13H,1-10H2,(H,15,16). The van der Waals surface area contributed by atoms with Gasteiger partial charge in [0.1, 0.15) is 0 Å². The molecule has 0 radical (unpaired) electrons. The highest BCUT2D eigenvalue weighted by Gasteiger charge is 2.35. The third-order valence-electron chi connectivity index (χ3n) is 4.37. The molecular weight excluding hydrogens is 228 g/mol. The van der Waals surface area contributed by atoms with Crippen LogP contribution >= 0.6 is 11.8 Å². The average Bonchev–Trinajstić information content (AvgIpc) is 2.89. The molecule has 1 N–H and O–H groups in total. The van der Waals surface area contributed by atoms with Crippen LogP contribution in [0.2, 0.25) is 0 Å². The molecule has 3 aliphatic rings. The van der Waals surface area contributed by atoms with Crippen LogP contribution in [-0.2, 0) is 0 Å². The normalized spacial score (nSPS) is 29.6. The van der Waals surface area contributed by atoms with Crippen LogP contribution in [0.3, 0.4) is 0 Å². The van der Waals surface area contributed by atoms with E-state index in [1.165, 1.54) is 56.5 Å². The van der Waals surface area contributed by atoms with Crippen molar-refractivity contribution in [3.8, 4) is 0 Å². The molecule has 1 unspecified atom stereocenters. The number of thioether (sulfide) groups is 1. The predicted octanol–water partition coefficient (Wildman–Crippen LogP) is 3.43. The van der Waals surface area contributed by atoms with Crippen molar-refractivity contribution in [2.75, 3.05) is 13.1 Å². The largest absolute Gasteiger partial charge is 0.365 e. The lowest BCUT2D eigenvalue weighted by atomic mass is 10.0. The van der Waals surface area contributed by atoms with Gasteiger partial charge in [-0.25, -0.2) is 0 Å². The monoisotopic (exact) mass is 252 g/mol. The van der Waals surface area contributed by atoms with Crippen LogP contribution < -0.4 is 5.32 Å². The molecule has 2 nitrogen and oxygen atoms in total. The summed E-state index contributed by atoms with van der Waals surface area (Å²) in [6, 6.07) is 0. The first kappa shape index (κ1) is 11.9. The van der Waals surface area contributed by atoms with E-state index < -0.39 is 0 Å². The smallest absolute Gasteiger partial charge is 0.156 e. The van der Waals surface area contributed by atoms with Crippen LogP contribution in [0.5, 0.6) is 0 Å². The van der Waals surface area contributed by atoms with Crippen LogP contribution in [0.4, 0.5) is 0 Å². The van der Waals surface area contributed by atoms with Gasteiger partial charge in [0.05, 0.1) is 6.54 Å². The zero-order valence-corrected chi connectivity index (χ0v) is 11.5. The van der Waals surface area contributed by atoms with E-state index in [-0.39, 0.29) is 0 Å². The molecule has 2 saturated carbocycles. The fourth-order valence-corrected chi connectivity index (χ4v) is 4.32. The van der Waals surface area contributed by atoms with E-state index in [0.717, 1.165) is 30.2 Å². The summed E-state index contributed by atoms with van der Waals surface area (Å²) in [6.07, 6.45) is 11.6. The van der Waals surface area contributed by atoms with Crippen molar-refractivity contribution in [1.82, 2.24) is 5.32 Å². The highest BCUT2D eigenvalue weighted by molar-refractivity contribution is 8.14. The van der Waals surface area contributed by atoms with Gasteiger partial charge < -0.3 is 5.32 Å². The van der Waals surface area contributed by atoms with Gasteiger partial charge in [-0.05, 0) is 37.5 Å². The molecule has 2 fully saturated rings. The van der Waals surface area contributed by atoms with E-state index in [9.17, 15) is 0 Å². The Hall–Kier alpha value is -0.180. The molecular formula is C14H24N2S. The first-order chi connectivity index (χ1) is 8.42. The predicted molar refractivity (Wildman–Crippen MR) is 75.6 cm³/mol. The molecule has 0 bridgehead atoms. The summed E-state index contributed by atoms with van der Waals surface area (Å²) in [5.74, 6) is 2.02. The highest BCUT2D eigenvalue weighted by Crippen LogP contribution is 2.41. The number of nitrogens with zero attached hydrogens (tertiary/aromatic N) is 1. The molecule has 0 aromatic carbocycles. The molecule has 0 amide bonds. The van der Waals surface area contributed by atoms with Gasteiger partial charge in [-0.15, -0.1) is 0 Å². The second-order valence-electron chi connectivity index (χ2n) is 5.86. The quantitative estimate of drug-likeness (QED) is 0.758. The third kappa shape index (κ3) is 3.40. The maximum absolute atomic E-state index is 4.62. The van der Waals surface area contributed by atoms with Gasteiger partial charge in [0.15, 0.2) is 5.17 Å². The van der Waals surface area contributed by atoms with Crippen molar-refractivity contribution in [3.63, 3.8) is 0 Å². The number of aliphatic imine (C=N–C) groups is 1. The highest BCUT2D eigenvalue weighted by atomic mass is 32.2. The van der Waals surface area contributed by atoms with E-state index in [1.807, 2.05) is 11.8 Å². The summed E-state index contributed by atoms with van der Waals surface area (Å²) in [4.78, 5) is 4.62. The molecule has 0 saturated heterocycles. The van der Waals surface area contributed by atoms with E-state index >= 15 is 0 Å². The van der Waals surface area contributed by atoms with Crippen molar-refractivity contribution in [2.45, 2.75) is 56.6 Å². The SMILES string of the molecule is C1CCC(CCCNC2=NCC(C3CC3)S2)C1. The number of nitrogens with one attached hydrogen (secondary N) is 1. The van der Waals surface area contributed by atoms with Crippen molar-refractivity contribution < 1.29 is 0 Å². The van der Waals surface area contributed by atoms with E-state index in [0.29, 0.717) is 0 Å². The average molecular weight is 252 g/mol. The lowest BCUT2D eigenvalue weighted by Crippen LogP contribution is -2.21. The fraction of sp³-hybridized carbons (Fsp3) is 0.929. The number of amidine groups is 1. The Kier molecular flexibility index (Phi) is 3.94. The molecule has 3 heteroatoms. The third-order valence-corrected chi connectivity index (χ3v) is 5.70. The van der Waals surface area contributed by atoms with Gasteiger partial charge in [0.25, 0.3) is 0 Å². The molecule has 1 aliphatic heterocycles. The Balaban J connectivity index is 1.27. The molecule has 1 atom stereocenters. The van der Waals surface area contributed by atoms with Crippen molar-refractivity contribution >= 4 is 16.9 Å². The lowest BCUT2D eigenvalue weighted by Gasteiger charge is -2.10. The van der Waals surface area contributed by atoms with Crippen LogP contribution in [0.15, 0.2) is 4.99 Å². The molecule has 3 rings (SSSR count). The summed E-state index contributed by atoms with van der Waals surface area (Å²) < 4.78 is 0. The Bertz CT molecular complexity index is 280. The van der Waals surface area contributed by atoms with Crippen molar-refractivity contribution in [1.29, 1.82) is 0 Å². The first-order valence-electron chi connectivity index (χ1n) is 7.37. The Morgan fingerprint density at radius 3 is 2.76 bits per heavy atom. The number of rotatable bonds is 5. The molecule has 17 heavy (non-hydrogen) atoms. The Labute approximate surface area is 109 Å². The van der Waals surface area contributed by atoms with Crippen molar-refractivity contribution in [2.24, 2.45) is 16.8 Å². The maximum atomic E-state index is 4.62. The summed E-state index contributed by atoms with van der Waals surface area (Å²) in [7, 11) is 0. The number of hydrogen-bond donors (Lipinski definition) is 1. The van der Waals surface area contributed by atoms with E-state index in [1.54, 1.807) is 0 Å². The summed E-state index contributed by atoms with van der Waals surface area (Å²) in [6.45, 7) is 2.21. The van der Waals surface area contributed by atoms with Gasteiger partial charge in [-0.3, -0.25) is 4.99 Å². The minimum atomic E-state index is 0.812. The van der Waals surface area contributed by atoms with Crippen LogP contribution in [0.25, 0.3) is 0 Å². The Morgan fingerprint density at radius 1 is 1.18 bits per heavy atom. The zero-order valence-electron chi connectivity index (χ0n) is 10.7. The molecule has 0 aromatic heterocycles. The first-order valence-corrected chi connectivity index (χ1v) is 8.25. The summed E-state index contributed by atoms with van der Waals surface area (Å²) in [5.41, 5.74) is 0. The Morgan fingerprint density at radius 2 is 2.00 bits per heavy atom.